The fourth-order valence-electron chi connectivity index (χ4n) is 1.27. The van der Waals surface area contributed by atoms with E-state index >= 15 is 0 Å². The largest absolute Gasteiger partial charge is 0.415 e. The minimum Gasteiger partial charge on any atom is -0.415 e. The normalized spacial score (nSPS) is 10.9. The smallest absolute Gasteiger partial charge is 0.388 e. The van der Waals surface area contributed by atoms with E-state index in [1.807, 2.05) is 0 Å². The van der Waals surface area contributed by atoms with Crippen molar-refractivity contribution < 1.29 is 13.5 Å². The zero-order valence-corrected chi connectivity index (χ0v) is 9.45. The first-order valence-corrected chi connectivity index (χ1v) is 5.00. The molecule has 0 fully saturated rings. The molecule has 0 aliphatic carbocycles. The van der Waals surface area contributed by atoms with Gasteiger partial charge in [-0.25, -0.2) is 9.67 Å². The SMILES string of the molecule is Cc1cc(OC(F)F)nn1-c1[c]ccc(Cl)n1. The van der Waals surface area contributed by atoms with Crippen molar-refractivity contribution in [2.45, 2.75) is 13.5 Å². The summed E-state index contributed by atoms with van der Waals surface area (Å²) in [6, 6.07) is 7.30. The zero-order valence-electron chi connectivity index (χ0n) is 8.69. The number of aromatic nitrogens is 3. The van der Waals surface area contributed by atoms with E-state index in [9.17, 15) is 8.78 Å². The molecule has 0 saturated carbocycles. The molecule has 7 heteroatoms. The number of alkyl halides is 2. The molecule has 17 heavy (non-hydrogen) atoms. The third-order valence-electron chi connectivity index (χ3n) is 1.92. The van der Waals surface area contributed by atoms with Crippen LogP contribution in [0.15, 0.2) is 18.2 Å². The van der Waals surface area contributed by atoms with Gasteiger partial charge in [-0.05, 0) is 19.1 Å². The van der Waals surface area contributed by atoms with Gasteiger partial charge in [0, 0.05) is 17.8 Å². The topological polar surface area (TPSA) is 39.9 Å². The minimum atomic E-state index is -2.91. The number of pyridine rings is 1. The third-order valence-corrected chi connectivity index (χ3v) is 2.13. The van der Waals surface area contributed by atoms with Gasteiger partial charge in [0.25, 0.3) is 0 Å². The quantitative estimate of drug-likeness (QED) is 0.795. The van der Waals surface area contributed by atoms with Crippen LogP contribution >= 0.6 is 11.6 Å². The first kappa shape index (κ1) is 11.8. The van der Waals surface area contributed by atoms with Crippen molar-refractivity contribution in [3.8, 4) is 11.7 Å². The van der Waals surface area contributed by atoms with Gasteiger partial charge in [-0.15, -0.1) is 5.10 Å². The lowest BCUT2D eigenvalue weighted by atomic mass is 10.4. The molecule has 0 aromatic carbocycles. The van der Waals surface area contributed by atoms with E-state index in [2.05, 4.69) is 20.9 Å². The average Bonchev–Trinajstić information content (AvgIpc) is 2.58. The third kappa shape index (κ3) is 2.71. The van der Waals surface area contributed by atoms with Crippen LogP contribution in [0, 0.1) is 13.0 Å². The molecule has 0 spiro atoms. The van der Waals surface area contributed by atoms with Crippen molar-refractivity contribution in [3.05, 3.63) is 35.1 Å². The number of nitrogens with zero attached hydrogens (tertiary/aromatic N) is 3. The van der Waals surface area contributed by atoms with Gasteiger partial charge >= 0.3 is 6.61 Å². The fourth-order valence-corrected chi connectivity index (χ4v) is 1.42. The summed E-state index contributed by atoms with van der Waals surface area (Å²) in [5, 5.41) is 4.09. The Kier molecular flexibility index (Phi) is 3.23. The second-order valence-electron chi connectivity index (χ2n) is 3.15. The number of hydrogen-bond donors (Lipinski definition) is 0. The molecule has 4 nitrogen and oxygen atoms in total. The molecule has 0 aliphatic heterocycles. The number of rotatable bonds is 3. The molecule has 0 unspecified atom stereocenters. The molecule has 0 amide bonds. The highest BCUT2D eigenvalue weighted by atomic mass is 35.5. The van der Waals surface area contributed by atoms with Crippen LogP contribution in [0.3, 0.4) is 0 Å². The van der Waals surface area contributed by atoms with Gasteiger partial charge in [0.15, 0.2) is 5.82 Å². The van der Waals surface area contributed by atoms with E-state index in [0.29, 0.717) is 11.5 Å². The molecule has 1 radical (unpaired) electrons. The summed E-state index contributed by atoms with van der Waals surface area (Å²) >= 11 is 5.71. The van der Waals surface area contributed by atoms with Crippen molar-refractivity contribution in [3.63, 3.8) is 0 Å². The Morgan fingerprint density at radius 3 is 2.94 bits per heavy atom. The Hall–Kier alpha value is -1.69. The first-order valence-electron chi connectivity index (χ1n) is 4.62. The van der Waals surface area contributed by atoms with Gasteiger partial charge < -0.3 is 4.74 Å². The summed E-state index contributed by atoms with van der Waals surface area (Å²) in [5.74, 6) is 0.145. The Balaban J connectivity index is 2.36. The van der Waals surface area contributed by atoms with Gasteiger partial charge in [-0.3, -0.25) is 0 Å². The maximum Gasteiger partial charge on any atom is 0.388 e. The van der Waals surface area contributed by atoms with Crippen LogP contribution in [0.4, 0.5) is 8.78 Å². The second kappa shape index (κ2) is 4.67. The molecule has 2 aromatic heterocycles. The standard InChI is InChI=1S/C10H7ClF2N3O/c1-6-5-9(17-10(12)13)15-16(6)8-4-2-3-7(11)14-8/h2-3,5,10H,1H3. The van der Waals surface area contributed by atoms with Gasteiger partial charge in [0.1, 0.15) is 5.15 Å². The molecule has 0 aliphatic rings. The zero-order chi connectivity index (χ0) is 12.4. The molecular formula is C10H7ClF2N3O. The Bertz CT molecular complexity index is 530. The number of hydrogen-bond acceptors (Lipinski definition) is 3. The summed E-state index contributed by atoms with van der Waals surface area (Å²) in [7, 11) is 0. The van der Waals surface area contributed by atoms with Gasteiger partial charge in [-0.2, -0.15) is 8.78 Å². The molecule has 2 aromatic rings. The highest BCUT2D eigenvalue weighted by Gasteiger charge is 2.12. The predicted molar refractivity (Wildman–Crippen MR) is 56.6 cm³/mol. The Labute approximate surface area is 101 Å². The number of ether oxygens (including phenoxy) is 1. The van der Waals surface area contributed by atoms with Crippen molar-refractivity contribution in [2.24, 2.45) is 0 Å². The first-order chi connectivity index (χ1) is 8.06. The monoisotopic (exact) mass is 258 g/mol. The highest BCUT2D eigenvalue weighted by Crippen LogP contribution is 2.17. The highest BCUT2D eigenvalue weighted by molar-refractivity contribution is 6.29. The van der Waals surface area contributed by atoms with Crippen molar-refractivity contribution in [1.82, 2.24) is 14.8 Å². The molecule has 0 bridgehead atoms. The number of aryl methyl sites for hydroxylation is 1. The van der Waals surface area contributed by atoms with E-state index in [4.69, 9.17) is 11.6 Å². The number of halogens is 3. The summed E-state index contributed by atoms with van der Waals surface area (Å²) in [5.41, 5.74) is 0.590. The lowest BCUT2D eigenvalue weighted by Crippen LogP contribution is -2.05. The van der Waals surface area contributed by atoms with Crippen molar-refractivity contribution >= 4 is 11.6 Å². The molecule has 0 N–H and O–H groups in total. The lowest BCUT2D eigenvalue weighted by Gasteiger charge is -2.02. The van der Waals surface area contributed by atoms with E-state index in [-0.39, 0.29) is 11.0 Å². The molecule has 89 valence electrons. The molecule has 2 heterocycles. The average molecular weight is 259 g/mol. The lowest BCUT2D eigenvalue weighted by molar-refractivity contribution is -0.0530. The van der Waals surface area contributed by atoms with Crippen LogP contribution in [0.2, 0.25) is 5.15 Å². The van der Waals surface area contributed by atoms with Gasteiger partial charge in [-0.1, -0.05) is 11.6 Å². The fraction of sp³-hybridized carbons (Fsp3) is 0.200. The maximum atomic E-state index is 12.0. The summed E-state index contributed by atoms with van der Waals surface area (Å²) in [6.45, 7) is -1.23. The van der Waals surface area contributed by atoms with E-state index < -0.39 is 6.61 Å². The minimum absolute atomic E-state index is 0.173. The van der Waals surface area contributed by atoms with Crippen LogP contribution in [0.1, 0.15) is 5.69 Å². The Morgan fingerprint density at radius 1 is 1.53 bits per heavy atom. The summed E-state index contributed by atoms with van der Waals surface area (Å²) < 4.78 is 29.5. The Morgan fingerprint density at radius 2 is 2.29 bits per heavy atom. The van der Waals surface area contributed by atoms with Gasteiger partial charge in [0.2, 0.25) is 5.88 Å². The van der Waals surface area contributed by atoms with Crippen LogP contribution < -0.4 is 4.74 Å². The van der Waals surface area contributed by atoms with E-state index in [0.717, 1.165) is 0 Å². The second-order valence-corrected chi connectivity index (χ2v) is 3.54. The molecular weight excluding hydrogens is 252 g/mol. The van der Waals surface area contributed by atoms with Gasteiger partial charge in [0.05, 0.1) is 0 Å². The molecule has 2 rings (SSSR count). The maximum absolute atomic E-state index is 12.0. The van der Waals surface area contributed by atoms with E-state index in [1.165, 1.54) is 10.7 Å². The molecule has 0 atom stereocenters. The van der Waals surface area contributed by atoms with Crippen LogP contribution in [-0.4, -0.2) is 21.4 Å². The summed E-state index contributed by atoms with van der Waals surface area (Å²) in [6.07, 6.45) is 0. The summed E-state index contributed by atoms with van der Waals surface area (Å²) in [4.78, 5) is 3.96. The predicted octanol–water partition coefficient (Wildman–Crippen LogP) is 2.63. The van der Waals surface area contributed by atoms with Crippen LogP contribution in [-0.2, 0) is 0 Å². The van der Waals surface area contributed by atoms with E-state index in [1.54, 1.807) is 19.1 Å². The van der Waals surface area contributed by atoms with Crippen molar-refractivity contribution in [2.75, 3.05) is 0 Å². The van der Waals surface area contributed by atoms with Crippen molar-refractivity contribution in [1.29, 1.82) is 0 Å². The van der Waals surface area contributed by atoms with Crippen LogP contribution in [0.5, 0.6) is 5.88 Å². The van der Waals surface area contributed by atoms with Crippen LogP contribution in [0.25, 0.3) is 5.82 Å². The molecule has 0 saturated heterocycles.